The van der Waals surface area contributed by atoms with Crippen LogP contribution in [0.15, 0.2) is 244 Å². The molecule has 0 spiro atoms. The zero-order valence-corrected chi connectivity index (χ0v) is 52.7. The third kappa shape index (κ3) is 12.0. The van der Waals surface area contributed by atoms with Gasteiger partial charge in [0.25, 0.3) is 0 Å². The summed E-state index contributed by atoms with van der Waals surface area (Å²) in [4.78, 5) is 0.892. The van der Waals surface area contributed by atoms with Crippen molar-refractivity contribution in [1.29, 1.82) is 0 Å². The van der Waals surface area contributed by atoms with E-state index in [0.29, 0.717) is 51.6 Å². The van der Waals surface area contributed by atoms with Gasteiger partial charge in [0.2, 0.25) is 17.1 Å². The van der Waals surface area contributed by atoms with Gasteiger partial charge in [-0.25, -0.2) is 14.0 Å². The third-order valence-corrected chi connectivity index (χ3v) is 14.0. The number of fused-ring (bicyclic) bond motifs is 7. The largest absolute Gasteiger partial charge is 2.00 e. The molecule has 18 nitrogen and oxygen atoms in total. The molecule has 22 heteroatoms. The summed E-state index contributed by atoms with van der Waals surface area (Å²) in [5, 5.41) is 33.0. The maximum atomic E-state index is 6.02. The molecule has 0 aliphatic heterocycles. The minimum Gasteiger partial charge on any atom is -0.509 e. The van der Waals surface area contributed by atoms with Gasteiger partial charge in [0.1, 0.15) is 5.58 Å². The Morgan fingerprint density at radius 2 is 0.761 bits per heavy atom. The van der Waals surface area contributed by atoms with Crippen molar-refractivity contribution in [3.8, 4) is 68.6 Å². The summed E-state index contributed by atoms with van der Waals surface area (Å²) in [5.74, 6) is 3.41. The van der Waals surface area contributed by atoms with E-state index in [2.05, 4.69) is 67.0 Å². The summed E-state index contributed by atoms with van der Waals surface area (Å²) >= 11 is 1.57. The first-order valence-corrected chi connectivity index (χ1v) is 27.2. The molecule has 0 atom stereocenters. The Morgan fingerprint density at radius 3 is 1.23 bits per heavy atom. The van der Waals surface area contributed by atoms with Crippen LogP contribution in [0.1, 0.15) is 0 Å². The average Bonchev–Trinajstić information content (AvgIpc) is 2.08. The van der Waals surface area contributed by atoms with Crippen molar-refractivity contribution in [2.75, 3.05) is 0 Å². The molecule has 0 unspecified atom stereocenters. The van der Waals surface area contributed by atoms with Crippen LogP contribution in [-0.4, -0.2) is 58.7 Å². The summed E-state index contributed by atoms with van der Waals surface area (Å²) in [6, 6.07) is 70.7. The molecule has 0 aliphatic rings. The maximum absolute atomic E-state index is 6.02. The zero-order chi connectivity index (χ0) is 56.5. The smallest absolute Gasteiger partial charge is 0.509 e. The van der Waals surface area contributed by atoms with Gasteiger partial charge < -0.3 is 27.5 Å². The van der Waals surface area contributed by atoms with Crippen molar-refractivity contribution in [1.82, 2.24) is 58.7 Å². The van der Waals surface area contributed by atoms with Crippen LogP contribution in [0.2, 0.25) is 0 Å². The van der Waals surface area contributed by atoms with Crippen LogP contribution in [-0.2, 0) is 63.2 Å². The molecular weight excluding hydrogens is 1670 g/mol. The van der Waals surface area contributed by atoms with Gasteiger partial charge in [-0.1, -0.05) is 18.2 Å². The van der Waals surface area contributed by atoms with E-state index in [1.165, 1.54) is 0 Å². The summed E-state index contributed by atoms with van der Waals surface area (Å²) < 4.78 is 45.7. The average molecular weight is 1710 g/mol. The number of furan rings is 3. The van der Waals surface area contributed by atoms with E-state index in [0.717, 1.165) is 71.5 Å². The Labute approximate surface area is 547 Å². The molecule has 0 saturated heterocycles. The predicted octanol–water partition coefficient (Wildman–Crippen LogP) is 15.0. The zero-order valence-electron chi connectivity index (χ0n) is 45.1. The minimum atomic E-state index is 0. The normalized spacial score (nSPS) is 10.9. The van der Waals surface area contributed by atoms with Gasteiger partial charge in [0.05, 0.1) is 41.0 Å². The Balaban J connectivity index is 0.000000127. The van der Waals surface area contributed by atoms with E-state index in [1.54, 1.807) is 70.5 Å². The molecule has 0 fully saturated rings. The van der Waals surface area contributed by atoms with Crippen molar-refractivity contribution in [2.45, 2.75) is 0 Å². The van der Waals surface area contributed by atoms with Crippen molar-refractivity contribution >= 4 is 65.9 Å². The van der Waals surface area contributed by atoms with Crippen LogP contribution >= 0.6 is 11.3 Å². The van der Waals surface area contributed by atoms with E-state index >= 15 is 0 Å². The molecule has 0 radical (unpaired) electrons. The quantitative estimate of drug-likeness (QED) is 0.106. The predicted molar refractivity (Wildman–Crippen MR) is 317 cm³/mol. The third-order valence-electron chi connectivity index (χ3n) is 13.2. The standard InChI is InChI=1S/C24H14N4O2.C22H12N4O2S.C20H12N4O2.3Pt/c1-2-11-23-21(10-1)22-16-26-28(24(22)30-23)18-7-4-9-20(15-18)29-19-8-3-6-17(14-19)27-13-5-12-25-27;1-4-15(25-10-3-9-23-25)12-17(6-1)27-18-7-2-5-16(13-18)26-21-20(14-24-26)19-8-11-29-22(19)28-21;1-4-16(23-10-3-9-21-23)12-18(6-1)26-19-7-2-5-17(13-19)24-20-15(14-22-24)8-11-25-20;;;/h1-13,16H;1-11,14H;1-11,14H;;;/q3*-2;3*+2. The molecule has 7 aromatic carbocycles. The van der Waals surface area contributed by atoms with E-state index in [4.69, 9.17) is 27.5 Å². The summed E-state index contributed by atoms with van der Waals surface area (Å²) in [5.41, 5.74) is 7.47. The molecule has 17 aromatic rings. The number of aromatic nitrogens is 12. The Bertz CT molecular complexity index is 5120. The van der Waals surface area contributed by atoms with E-state index in [-0.39, 0.29) is 63.2 Å². The topological polar surface area (TPSA) is 174 Å². The second-order valence-electron chi connectivity index (χ2n) is 18.7. The van der Waals surface area contributed by atoms with Crippen molar-refractivity contribution in [2.24, 2.45) is 0 Å². The molecule has 0 saturated carbocycles. The number of benzene rings is 7. The summed E-state index contributed by atoms with van der Waals surface area (Å²) in [6.07, 6.45) is 17.8. The number of hydrogen-bond acceptors (Lipinski definition) is 13. The Kier molecular flexibility index (Phi) is 17.3. The van der Waals surface area contributed by atoms with Gasteiger partial charge in [0, 0.05) is 82.5 Å². The van der Waals surface area contributed by atoms with Crippen LogP contribution in [0.3, 0.4) is 0 Å². The summed E-state index contributed by atoms with van der Waals surface area (Å²) in [7, 11) is 0. The number of nitrogens with zero attached hydrogens (tertiary/aromatic N) is 12. The molecule has 88 heavy (non-hydrogen) atoms. The van der Waals surface area contributed by atoms with Gasteiger partial charge in [-0.05, 0) is 75.9 Å². The van der Waals surface area contributed by atoms with Gasteiger partial charge in [-0.2, -0.15) is 67.0 Å². The molecule has 10 aromatic heterocycles. The Hall–Kier alpha value is -9.90. The first-order chi connectivity index (χ1) is 42.1. The molecule has 17 rings (SSSR count). The molecular formula is C66H38N12O6Pt3S. The first kappa shape index (κ1) is 58.5. The number of thiophene rings is 1. The molecule has 0 aliphatic carbocycles. The van der Waals surface area contributed by atoms with E-state index in [9.17, 15) is 0 Å². The first-order valence-electron chi connectivity index (χ1n) is 26.4. The monoisotopic (exact) mass is 1710 g/mol. The second kappa shape index (κ2) is 26.0. The fraction of sp³-hybridized carbons (Fsp3) is 0. The van der Waals surface area contributed by atoms with Gasteiger partial charge in [-0.3, -0.25) is 14.0 Å². The van der Waals surface area contributed by atoms with Crippen LogP contribution in [0.25, 0.3) is 88.7 Å². The van der Waals surface area contributed by atoms with Crippen molar-refractivity contribution < 1.29 is 90.7 Å². The number of rotatable bonds is 12. The number of hydrogen-bond donors (Lipinski definition) is 0. The summed E-state index contributed by atoms with van der Waals surface area (Å²) in [6.45, 7) is 0. The van der Waals surface area contributed by atoms with Crippen molar-refractivity contribution in [3.05, 3.63) is 268 Å². The van der Waals surface area contributed by atoms with E-state index in [1.807, 2.05) is 200 Å². The second-order valence-corrected chi connectivity index (χ2v) is 19.5. The fourth-order valence-corrected chi connectivity index (χ4v) is 10.1. The Morgan fingerprint density at radius 1 is 0.352 bits per heavy atom. The van der Waals surface area contributed by atoms with Crippen LogP contribution in [0.5, 0.6) is 34.5 Å². The van der Waals surface area contributed by atoms with E-state index < -0.39 is 0 Å². The number of ether oxygens (including phenoxy) is 3. The minimum absolute atomic E-state index is 0. The maximum Gasteiger partial charge on any atom is 2.00 e. The van der Waals surface area contributed by atoms with Crippen molar-refractivity contribution in [3.63, 3.8) is 0 Å². The van der Waals surface area contributed by atoms with Gasteiger partial charge in [0.15, 0.2) is 4.90 Å². The molecule has 0 N–H and O–H groups in total. The molecule has 0 amide bonds. The van der Waals surface area contributed by atoms with Crippen LogP contribution < -0.4 is 14.2 Å². The molecule has 10 heterocycles. The van der Waals surface area contributed by atoms with Crippen LogP contribution in [0.4, 0.5) is 0 Å². The SMILES string of the molecule is [Pt+2].[Pt+2].[Pt+2].[c-]1c(Oc2[c-]c(-n3ncc4c5ccccc5oc43)ccc2)cccc1-n1cccn1.[c-]1c(Oc2[c-]c(-n3ncc4c5ccsc5oc43)ccc2)cccc1-n1cccn1.[c-]1c(Oc2[c-]c(-n3ncc4ccoc43)ccc2)cccc1-n1cccn1. The number of para-hydroxylation sites is 1. The van der Waals surface area contributed by atoms with Crippen LogP contribution in [0, 0.1) is 36.4 Å². The molecule has 434 valence electrons. The molecule has 0 bridgehead atoms. The van der Waals surface area contributed by atoms with Gasteiger partial charge in [-0.15, -0.1) is 121 Å². The fourth-order valence-electron chi connectivity index (χ4n) is 9.39. The van der Waals surface area contributed by atoms with Gasteiger partial charge >= 0.3 is 63.2 Å².